The molecule has 0 bridgehead atoms. The summed E-state index contributed by atoms with van der Waals surface area (Å²) in [6.07, 6.45) is 1.66. The molecule has 0 N–H and O–H groups in total. The largest absolute Gasteiger partial charge is 0.490 e. The Bertz CT molecular complexity index is 1620. The fraction of sp³-hybridized carbons (Fsp3) is 0.310. The summed E-state index contributed by atoms with van der Waals surface area (Å²) in [6, 6.07) is 11.5. The SMILES string of the molecule is CCOC(=O)C1=C(C)N=c2s/c(=C\c3ccccc3OC(C)=O)c(=O)n2[C@@H]1c1ccc(OCC)c(OCC)c1. The third-order valence-electron chi connectivity index (χ3n) is 5.86. The molecule has 3 aromatic rings. The molecular weight excluding hydrogens is 520 g/mol. The second-order valence-electron chi connectivity index (χ2n) is 8.51. The zero-order chi connectivity index (χ0) is 28.1. The average Bonchev–Trinajstić information content (AvgIpc) is 3.19. The van der Waals surface area contributed by atoms with Crippen molar-refractivity contribution in [3.05, 3.63) is 84.5 Å². The van der Waals surface area contributed by atoms with E-state index < -0.39 is 18.0 Å². The van der Waals surface area contributed by atoms with E-state index in [1.54, 1.807) is 56.3 Å². The van der Waals surface area contributed by atoms with Crippen LogP contribution in [0.1, 0.15) is 51.8 Å². The highest BCUT2D eigenvalue weighted by atomic mass is 32.1. The van der Waals surface area contributed by atoms with Gasteiger partial charge in [0.05, 0.1) is 41.7 Å². The van der Waals surface area contributed by atoms with Crippen LogP contribution >= 0.6 is 11.3 Å². The second-order valence-corrected chi connectivity index (χ2v) is 9.52. The van der Waals surface area contributed by atoms with Crippen molar-refractivity contribution >= 4 is 29.4 Å². The van der Waals surface area contributed by atoms with Gasteiger partial charge < -0.3 is 18.9 Å². The number of rotatable bonds is 9. The molecule has 39 heavy (non-hydrogen) atoms. The number of ether oxygens (including phenoxy) is 4. The van der Waals surface area contributed by atoms with Crippen LogP contribution in [0.15, 0.2) is 63.5 Å². The molecule has 2 heterocycles. The van der Waals surface area contributed by atoms with Gasteiger partial charge in [-0.15, -0.1) is 0 Å². The summed E-state index contributed by atoms with van der Waals surface area (Å²) in [5.74, 6) is 0.393. The van der Waals surface area contributed by atoms with Gasteiger partial charge in [0.1, 0.15) is 5.75 Å². The Hall–Kier alpha value is -4.18. The lowest BCUT2D eigenvalue weighted by Gasteiger charge is -2.25. The van der Waals surface area contributed by atoms with Gasteiger partial charge in [-0.2, -0.15) is 0 Å². The van der Waals surface area contributed by atoms with Gasteiger partial charge in [0, 0.05) is 12.5 Å². The van der Waals surface area contributed by atoms with Crippen LogP contribution in [0.2, 0.25) is 0 Å². The number of nitrogens with zero attached hydrogens (tertiary/aromatic N) is 2. The van der Waals surface area contributed by atoms with Crippen LogP contribution in [0, 0.1) is 0 Å². The van der Waals surface area contributed by atoms with E-state index in [9.17, 15) is 14.4 Å². The molecule has 0 saturated heterocycles. The van der Waals surface area contributed by atoms with Gasteiger partial charge in [-0.05, 0) is 57.5 Å². The molecule has 0 aliphatic carbocycles. The first-order valence-corrected chi connectivity index (χ1v) is 13.5. The van der Waals surface area contributed by atoms with Gasteiger partial charge in [0.15, 0.2) is 16.3 Å². The zero-order valence-electron chi connectivity index (χ0n) is 22.5. The maximum absolute atomic E-state index is 13.9. The first-order chi connectivity index (χ1) is 18.8. The Kier molecular flexibility index (Phi) is 8.65. The highest BCUT2D eigenvalue weighted by molar-refractivity contribution is 7.07. The Balaban J connectivity index is 1.95. The normalized spacial score (nSPS) is 14.9. The lowest BCUT2D eigenvalue weighted by molar-refractivity contribution is -0.139. The molecule has 0 fully saturated rings. The molecule has 1 aliphatic heterocycles. The molecular formula is C29H30N2O7S. The Morgan fingerprint density at radius 1 is 1.00 bits per heavy atom. The quantitative estimate of drug-likeness (QED) is 0.297. The predicted octanol–water partition coefficient (Wildman–Crippen LogP) is 3.52. The Labute approximate surface area is 229 Å². The fourth-order valence-corrected chi connectivity index (χ4v) is 5.37. The van der Waals surface area contributed by atoms with Gasteiger partial charge in [0.25, 0.3) is 5.56 Å². The van der Waals surface area contributed by atoms with E-state index in [2.05, 4.69) is 4.99 Å². The minimum Gasteiger partial charge on any atom is -0.490 e. The molecule has 0 radical (unpaired) electrons. The number of aromatic nitrogens is 1. The molecule has 2 aromatic carbocycles. The van der Waals surface area contributed by atoms with E-state index in [-0.39, 0.29) is 17.7 Å². The number of hydrogen-bond acceptors (Lipinski definition) is 9. The van der Waals surface area contributed by atoms with Crippen molar-refractivity contribution in [2.24, 2.45) is 4.99 Å². The molecule has 1 aliphatic rings. The molecule has 0 amide bonds. The molecule has 4 rings (SSSR count). The van der Waals surface area contributed by atoms with E-state index in [4.69, 9.17) is 18.9 Å². The van der Waals surface area contributed by atoms with Crippen molar-refractivity contribution in [1.29, 1.82) is 0 Å². The monoisotopic (exact) mass is 550 g/mol. The van der Waals surface area contributed by atoms with Crippen molar-refractivity contribution in [3.63, 3.8) is 0 Å². The summed E-state index contributed by atoms with van der Waals surface area (Å²) < 4.78 is 24.1. The average molecular weight is 551 g/mol. The van der Waals surface area contributed by atoms with E-state index in [1.165, 1.54) is 22.8 Å². The smallest absolute Gasteiger partial charge is 0.338 e. The molecule has 1 atom stereocenters. The summed E-state index contributed by atoms with van der Waals surface area (Å²) >= 11 is 1.18. The number of thiazole rings is 1. The van der Waals surface area contributed by atoms with E-state index >= 15 is 0 Å². The molecule has 0 spiro atoms. The minimum atomic E-state index is -0.805. The first kappa shape index (κ1) is 27.8. The molecule has 204 valence electrons. The minimum absolute atomic E-state index is 0.174. The van der Waals surface area contributed by atoms with Crippen LogP contribution in [-0.2, 0) is 14.3 Å². The van der Waals surface area contributed by atoms with Crippen LogP contribution in [0.5, 0.6) is 17.2 Å². The van der Waals surface area contributed by atoms with Gasteiger partial charge in [-0.3, -0.25) is 14.2 Å². The summed E-state index contributed by atoms with van der Waals surface area (Å²) in [5, 5.41) is 0. The standard InChI is InChI=1S/C29H30N2O7S/c1-6-35-22-14-13-20(15-23(22)36-7-2)26-25(28(34)37-8-3)17(4)30-29-31(26)27(33)24(39-29)16-19-11-9-10-12-21(19)38-18(5)32/h9-16,26H,6-8H2,1-5H3/b24-16-/t26-/m1/s1. The van der Waals surface area contributed by atoms with Crippen molar-refractivity contribution in [2.45, 2.75) is 40.7 Å². The predicted molar refractivity (Wildman–Crippen MR) is 147 cm³/mol. The lowest BCUT2D eigenvalue weighted by Crippen LogP contribution is -2.40. The number of benzene rings is 2. The van der Waals surface area contributed by atoms with Crippen molar-refractivity contribution in [2.75, 3.05) is 19.8 Å². The number of fused-ring (bicyclic) bond motifs is 1. The third kappa shape index (κ3) is 5.80. The maximum Gasteiger partial charge on any atom is 0.338 e. The summed E-state index contributed by atoms with van der Waals surface area (Å²) in [7, 11) is 0. The number of hydrogen-bond donors (Lipinski definition) is 0. The highest BCUT2D eigenvalue weighted by Crippen LogP contribution is 2.36. The van der Waals surface area contributed by atoms with Crippen LogP contribution in [0.25, 0.3) is 6.08 Å². The van der Waals surface area contributed by atoms with E-state index in [0.29, 0.717) is 56.6 Å². The topological polar surface area (TPSA) is 105 Å². The van der Waals surface area contributed by atoms with Crippen molar-refractivity contribution in [1.82, 2.24) is 4.57 Å². The van der Waals surface area contributed by atoms with Gasteiger partial charge in [0.2, 0.25) is 0 Å². The number of carbonyl (C=O) groups excluding carboxylic acids is 2. The molecule has 9 nitrogen and oxygen atoms in total. The first-order valence-electron chi connectivity index (χ1n) is 12.7. The number of esters is 2. The van der Waals surface area contributed by atoms with E-state index in [1.807, 2.05) is 19.9 Å². The summed E-state index contributed by atoms with van der Waals surface area (Å²) in [6.45, 7) is 9.56. The van der Waals surface area contributed by atoms with Crippen molar-refractivity contribution in [3.8, 4) is 17.2 Å². The van der Waals surface area contributed by atoms with Gasteiger partial charge in [-0.25, -0.2) is 9.79 Å². The number of para-hydroxylation sites is 1. The van der Waals surface area contributed by atoms with Gasteiger partial charge >= 0.3 is 11.9 Å². The van der Waals surface area contributed by atoms with Gasteiger partial charge in [-0.1, -0.05) is 35.6 Å². The molecule has 1 aromatic heterocycles. The van der Waals surface area contributed by atoms with Crippen LogP contribution in [0.4, 0.5) is 0 Å². The number of carbonyl (C=O) groups is 2. The second kappa shape index (κ2) is 12.1. The van der Waals surface area contributed by atoms with Crippen LogP contribution < -0.4 is 29.1 Å². The van der Waals surface area contributed by atoms with Crippen LogP contribution in [0.3, 0.4) is 0 Å². The Morgan fingerprint density at radius 3 is 2.41 bits per heavy atom. The number of allylic oxidation sites excluding steroid dienone is 1. The molecule has 10 heteroatoms. The third-order valence-corrected chi connectivity index (χ3v) is 6.84. The maximum atomic E-state index is 13.9. The summed E-state index contributed by atoms with van der Waals surface area (Å²) in [4.78, 5) is 43.7. The van der Waals surface area contributed by atoms with Crippen molar-refractivity contribution < 1.29 is 28.5 Å². The lowest BCUT2D eigenvalue weighted by atomic mass is 9.95. The Morgan fingerprint density at radius 2 is 1.72 bits per heavy atom. The molecule has 0 unspecified atom stereocenters. The van der Waals surface area contributed by atoms with E-state index in [0.717, 1.165) is 0 Å². The zero-order valence-corrected chi connectivity index (χ0v) is 23.3. The highest BCUT2D eigenvalue weighted by Gasteiger charge is 2.34. The summed E-state index contributed by atoms with van der Waals surface area (Å²) in [5.41, 5.74) is 1.59. The molecule has 0 saturated carbocycles. The fourth-order valence-electron chi connectivity index (χ4n) is 4.33. The van der Waals surface area contributed by atoms with Crippen LogP contribution in [-0.4, -0.2) is 36.3 Å².